The molecule has 0 bridgehead atoms. The fraction of sp³-hybridized carbons (Fsp3) is 0.600. The number of hydrogen-bond acceptors (Lipinski definition) is 5. The molecule has 1 fully saturated rings. The summed E-state index contributed by atoms with van der Waals surface area (Å²) in [5, 5.41) is 3.58. The highest BCUT2D eigenvalue weighted by atomic mass is 32.1. The van der Waals surface area contributed by atoms with Crippen molar-refractivity contribution < 1.29 is 4.79 Å². The first-order valence-corrected chi connectivity index (χ1v) is 6.16. The van der Waals surface area contributed by atoms with E-state index in [1.54, 1.807) is 11.9 Å². The van der Waals surface area contributed by atoms with Gasteiger partial charge in [0.2, 0.25) is 0 Å². The topological polar surface area (TPSA) is 71.2 Å². The Balaban J connectivity index is 2.15. The van der Waals surface area contributed by atoms with Gasteiger partial charge in [0.25, 0.3) is 5.91 Å². The molecule has 6 heteroatoms. The minimum Gasteiger partial charge on any atom is -0.382 e. The molecule has 0 aliphatic heterocycles. The first-order chi connectivity index (χ1) is 7.63. The van der Waals surface area contributed by atoms with Gasteiger partial charge in [-0.15, -0.1) is 0 Å². The van der Waals surface area contributed by atoms with Crippen molar-refractivity contribution in [3.8, 4) is 0 Å². The van der Waals surface area contributed by atoms with E-state index in [1.165, 1.54) is 17.8 Å². The summed E-state index contributed by atoms with van der Waals surface area (Å²) in [6.07, 6.45) is 3.40. The first kappa shape index (κ1) is 11.2. The van der Waals surface area contributed by atoms with E-state index in [4.69, 9.17) is 5.73 Å². The molecule has 1 heterocycles. The third-order valence-electron chi connectivity index (χ3n) is 3.00. The summed E-state index contributed by atoms with van der Waals surface area (Å²) in [4.78, 5) is 18.5. The van der Waals surface area contributed by atoms with Gasteiger partial charge in [-0.1, -0.05) is 11.3 Å². The van der Waals surface area contributed by atoms with Crippen LogP contribution in [-0.2, 0) is 0 Å². The number of nitrogens with two attached hydrogens (primary N) is 1. The summed E-state index contributed by atoms with van der Waals surface area (Å²) in [6.45, 7) is 0. The van der Waals surface area contributed by atoms with Crippen molar-refractivity contribution in [2.24, 2.45) is 0 Å². The van der Waals surface area contributed by atoms with E-state index in [-0.39, 0.29) is 5.91 Å². The van der Waals surface area contributed by atoms with E-state index in [0.29, 0.717) is 21.9 Å². The standard InChI is InChI=1S/C10H16N4OS/c1-12-10-13-8(11)7(16-10)9(15)14(2)6-4-3-5-6/h6H,3-5,11H2,1-2H3,(H,12,13). The van der Waals surface area contributed by atoms with Crippen LogP contribution in [0.2, 0.25) is 0 Å². The number of nitrogens with zero attached hydrogens (tertiary/aromatic N) is 2. The van der Waals surface area contributed by atoms with Crippen LogP contribution in [0.3, 0.4) is 0 Å². The fourth-order valence-corrected chi connectivity index (χ4v) is 2.51. The lowest BCUT2D eigenvalue weighted by Gasteiger charge is -2.34. The maximum Gasteiger partial charge on any atom is 0.267 e. The molecule has 2 rings (SSSR count). The molecular formula is C10H16N4OS. The Bertz CT molecular complexity index is 400. The van der Waals surface area contributed by atoms with Gasteiger partial charge >= 0.3 is 0 Å². The number of anilines is 2. The van der Waals surface area contributed by atoms with Gasteiger partial charge in [-0.3, -0.25) is 4.79 Å². The maximum atomic E-state index is 12.1. The molecule has 3 N–H and O–H groups in total. The predicted octanol–water partition coefficient (Wildman–Crippen LogP) is 1.39. The molecule has 16 heavy (non-hydrogen) atoms. The maximum absolute atomic E-state index is 12.1. The van der Waals surface area contributed by atoms with E-state index in [1.807, 2.05) is 7.05 Å². The van der Waals surface area contributed by atoms with Crippen molar-refractivity contribution >= 4 is 28.2 Å². The third-order valence-corrected chi connectivity index (χ3v) is 4.08. The second-order valence-electron chi connectivity index (χ2n) is 3.98. The van der Waals surface area contributed by atoms with Crippen LogP contribution in [0.5, 0.6) is 0 Å². The van der Waals surface area contributed by atoms with Crippen LogP contribution in [0.25, 0.3) is 0 Å². The van der Waals surface area contributed by atoms with Gasteiger partial charge in [0.15, 0.2) is 5.13 Å². The quantitative estimate of drug-likeness (QED) is 0.837. The van der Waals surface area contributed by atoms with Crippen LogP contribution >= 0.6 is 11.3 Å². The van der Waals surface area contributed by atoms with Gasteiger partial charge < -0.3 is 16.0 Å². The molecule has 0 spiro atoms. The zero-order valence-corrected chi connectivity index (χ0v) is 10.3. The van der Waals surface area contributed by atoms with E-state index < -0.39 is 0 Å². The van der Waals surface area contributed by atoms with Gasteiger partial charge in [0, 0.05) is 20.1 Å². The molecule has 5 nitrogen and oxygen atoms in total. The van der Waals surface area contributed by atoms with Crippen LogP contribution in [0, 0.1) is 0 Å². The minimum atomic E-state index is -0.0128. The van der Waals surface area contributed by atoms with Crippen LogP contribution in [-0.4, -0.2) is 35.9 Å². The van der Waals surface area contributed by atoms with Crippen LogP contribution in [0.15, 0.2) is 0 Å². The predicted molar refractivity (Wildman–Crippen MR) is 65.8 cm³/mol. The van der Waals surface area contributed by atoms with Gasteiger partial charge in [-0.2, -0.15) is 0 Å². The van der Waals surface area contributed by atoms with Crippen LogP contribution in [0.4, 0.5) is 10.9 Å². The third kappa shape index (κ3) is 1.84. The van der Waals surface area contributed by atoms with Crippen molar-refractivity contribution in [1.82, 2.24) is 9.88 Å². The molecule has 1 aliphatic carbocycles. The van der Waals surface area contributed by atoms with Gasteiger partial charge in [0.1, 0.15) is 10.7 Å². The number of carbonyl (C=O) groups excluding carboxylic acids is 1. The summed E-state index contributed by atoms with van der Waals surface area (Å²) in [7, 11) is 3.60. The average molecular weight is 240 g/mol. The first-order valence-electron chi connectivity index (χ1n) is 5.34. The van der Waals surface area contributed by atoms with Gasteiger partial charge in [0.05, 0.1) is 0 Å². The number of nitrogens with one attached hydrogen (secondary N) is 1. The fourth-order valence-electron chi connectivity index (χ4n) is 1.69. The van der Waals surface area contributed by atoms with Crippen molar-refractivity contribution in [2.75, 3.05) is 25.1 Å². The van der Waals surface area contributed by atoms with E-state index in [2.05, 4.69) is 10.3 Å². The molecule has 0 radical (unpaired) electrons. The van der Waals surface area contributed by atoms with Crippen molar-refractivity contribution in [3.63, 3.8) is 0 Å². The number of hydrogen-bond donors (Lipinski definition) is 2. The number of rotatable bonds is 3. The van der Waals surface area contributed by atoms with E-state index in [0.717, 1.165) is 12.8 Å². The molecule has 0 saturated heterocycles. The summed E-state index contributed by atoms with van der Waals surface area (Å²) >= 11 is 1.31. The van der Waals surface area contributed by atoms with E-state index >= 15 is 0 Å². The highest BCUT2D eigenvalue weighted by Crippen LogP contribution is 2.29. The Labute approximate surface area is 98.7 Å². The lowest BCUT2D eigenvalue weighted by atomic mass is 9.92. The summed E-state index contributed by atoms with van der Waals surface area (Å²) in [6, 6.07) is 0.382. The van der Waals surface area contributed by atoms with Crippen molar-refractivity contribution in [2.45, 2.75) is 25.3 Å². The van der Waals surface area contributed by atoms with Gasteiger partial charge in [-0.05, 0) is 19.3 Å². The highest BCUT2D eigenvalue weighted by molar-refractivity contribution is 7.18. The Morgan fingerprint density at radius 1 is 1.62 bits per heavy atom. The number of carbonyl (C=O) groups is 1. The number of aromatic nitrogens is 1. The number of thiazole rings is 1. The molecule has 0 unspecified atom stereocenters. The monoisotopic (exact) mass is 240 g/mol. The zero-order chi connectivity index (χ0) is 11.7. The molecule has 88 valence electrons. The van der Waals surface area contributed by atoms with Crippen molar-refractivity contribution in [3.05, 3.63) is 4.88 Å². The van der Waals surface area contributed by atoms with Crippen molar-refractivity contribution in [1.29, 1.82) is 0 Å². The molecule has 1 aromatic rings. The molecular weight excluding hydrogens is 224 g/mol. The van der Waals surface area contributed by atoms with Gasteiger partial charge in [-0.25, -0.2) is 4.98 Å². The smallest absolute Gasteiger partial charge is 0.267 e. The number of amides is 1. The summed E-state index contributed by atoms with van der Waals surface area (Å²) in [5.41, 5.74) is 5.73. The molecule has 0 aromatic carbocycles. The molecule has 1 aromatic heterocycles. The second-order valence-corrected chi connectivity index (χ2v) is 4.98. The Kier molecular flexibility index (Phi) is 3.00. The Morgan fingerprint density at radius 2 is 2.31 bits per heavy atom. The molecule has 1 amide bonds. The van der Waals surface area contributed by atoms with E-state index in [9.17, 15) is 4.79 Å². The molecule has 1 saturated carbocycles. The van der Waals surface area contributed by atoms with Crippen LogP contribution in [0.1, 0.15) is 28.9 Å². The lowest BCUT2D eigenvalue weighted by molar-refractivity contribution is 0.0658. The normalized spacial score (nSPS) is 15.6. The number of nitrogen functional groups attached to an aromatic ring is 1. The average Bonchev–Trinajstić information content (AvgIpc) is 2.56. The summed E-state index contributed by atoms with van der Waals surface area (Å²) in [5.74, 6) is 0.312. The lowest BCUT2D eigenvalue weighted by Crippen LogP contribution is -2.41. The Morgan fingerprint density at radius 3 is 2.75 bits per heavy atom. The SMILES string of the molecule is CNc1nc(N)c(C(=O)N(C)C2CCC2)s1. The zero-order valence-electron chi connectivity index (χ0n) is 9.49. The molecule has 0 atom stereocenters. The second kappa shape index (κ2) is 4.29. The summed E-state index contributed by atoms with van der Waals surface area (Å²) < 4.78 is 0. The minimum absolute atomic E-state index is 0.0128. The highest BCUT2D eigenvalue weighted by Gasteiger charge is 2.28. The molecule has 1 aliphatic rings. The Hall–Kier alpha value is -1.30. The largest absolute Gasteiger partial charge is 0.382 e. The van der Waals surface area contributed by atoms with Crippen LogP contribution < -0.4 is 11.1 Å².